The quantitative estimate of drug-likeness (QED) is 0.404. The molecule has 1 rings (SSSR count). The molecular formula is C10H15N2O3PS. The third kappa shape index (κ3) is 3.82. The Balaban J connectivity index is 2.62. The Bertz CT molecular complexity index is 421. The van der Waals surface area contributed by atoms with Crippen molar-refractivity contribution in [3.63, 3.8) is 0 Å². The molecule has 5 nitrogen and oxygen atoms in total. The third-order valence-corrected chi connectivity index (χ3v) is 5.42. The van der Waals surface area contributed by atoms with Gasteiger partial charge in [-0.05, 0) is 29.9 Å². The van der Waals surface area contributed by atoms with Gasteiger partial charge in [0, 0.05) is 9.89 Å². The Morgan fingerprint density at radius 1 is 1.24 bits per heavy atom. The van der Waals surface area contributed by atoms with Crippen molar-refractivity contribution in [1.29, 1.82) is 0 Å². The van der Waals surface area contributed by atoms with Crippen molar-refractivity contribution in [2.24, 2.45) is 9.89 Å². The molecule has 17 heavy (non-hydrogen) atoms. The summed E-state index contributed by atoms with van der Waals surface area (Å²) in [5.41, 5.74) is 0.994. The Kier molecular flexibility index (Phi) is 5.65. The van der Waals surface area contributed by atoms with Crippen LogP contribution in [0.1, 0.15) is 38.2 Å². The number of hydrogen-bond acceptors (Lipinski definition) is 4. The average molecular weight is 274 g/mol. The van der Waals surface area contributed by atoms with Crippen molar-refractivity contribution < 1.29 is 4.57 Å². The van der Waals surface area contributed by atoms with Crippen LogP contribution < -0.4 is 4.62 Å². The largest absolute Gasteiger partial charge is 0.411 e. The normalized spacial score (nSPS) is 11.4. The van der Waals surface area contributed by atoms with Crippen LogP contribution in [0, 0.1) is 9.81 Å². The molecule has 94 valence electrons. The maximum absolute atomic E-state index is 11.6. The molecule has 0 radical (unpaired) electrons. The second-order valence-electron chi connectivity index (χ2n) is 3.81. The van der Waals surface area contributed by atoms with Gasteiger partial charge in [-0.2, -0.15) is 0 Å². The molecule has 0 atom stereocenters. The molecule has 1 heterocycles. The van der Waals surface area contributed by atoms with Crippen LogP contribution in [0.15, 0.2) is 21.3 Å². The molecule has 0 saturated carbocycles. The first-order valence-electron chi connectivity index (χ1n) is 5.54. The fraction of sp³-hybridized carbons (Fsp3) is 0.600. The van der Waals surface area contributed by atoms with Crippen molar-refractivity contribution in [3.05, 3.63) is 26.8 Å². The average Bonchev–Trinajstić information content (AvgIpc) is 2.83. The molecule has 0 aliphatic heterocycles. The van der Waals surface area contributed by atoms with Crippen LogP contribution in [0.2, 0.25) is 0 Å². The summed E-state index contributed by atoms with van der Waals surface area (Å²) in [6.45, 7) is 2.14. The lowest BCUT2D eigenvalue weighted by Crippen LogP contribution is -1.93. The van der Waals surface area contributed by atoms with Crippen LogP contribution in [0.5, 0.6) is 0 Å². The van der Waals surface area contributed by atoms with Crippen LogP contribution in [-0.2, 0) is 11.0 Å². The van der Waals surface area contributed by atoms with Gasteiger partial charge in [0.15, 0.2) is 0 Å². The number of unbranched alkanes of at least 4 members (excludes halogenated alkanes) is 3. The first kappa shape index (κ1) is 14.2. The highest BCUT2D eigenvalue weighted by Crippen LogP contribution is 2.48. The van der Waals surface area contributed by atoms with E-state index in [1.54, 1.807) is 6.07 Å². The summed E-state index contributed by atoms with van der Waals surface area (Å²) in [4.78, 5) is 25.5. The SMILES string of the molecule is CCCCCCc1csc(P(=O)(N=O)N=O)c1. The Morgan fingerprint density at radius 2 is 1.94 bits per heavy atom. The van der Waals surface area contributed by atoms with E-state index in [1.807, 2.05) is 5.38 Å². The fourth-order valence-electron chi connectivity index (χ4n) is 1.50. The summed E-state index contributed by atoms with van der Waals surface area (Å²) >= 11 is 1.12. The number of rotatable bonds is 8. The molecule has 0 spiro atoms. The minimum Gasteiger partial charge on any atom is -0.260 e. The summed E-state index contributed by atoms with van der Waals surface area (Å²) in [5.74, 6) is 0. The van der Waals surface area contributed by atoms with Gasteiger partial charge in [0.1, 0.15) is 4.62 Å². The van der Waals surface area contributed by atoms with Crippen LogP contribution >= 0.6 is 18.8 Å². The summed E-state index contributed by atoms with van der Waals surface area (Å²) < 4.78 is 11.8. The predicted octanol–water partition coefficient (Wildman–Crippen LogP) is 4.22. The molecule has 0 aliphatic rings. The maximum atomic E-state index is 11.6. The summed E-state index contributed by atoms with van der Waals surface area (Å²) in [6.07, 6.45) is 5.44. The van der Waals surface area contributed by atoms with E-state index in [1.165, 1.54) is 12.8 Å². The van der Waals surface area contributed by atoms with Crippen LogP contribution in [0.25, 0.3) is 0 Å². The second kappa shape index (κ2) is 6.77. The molecule has 1 aromatic rings. The highest BCUT2D eigenvalue weighted by Gasteiger charge is 2.29. The van der Waals surface area contributed by atoms with E-state index in [0.29, 0.717) is 0 Å². The topological polar surface area (TPSA) is 75.9 Å². The van der Waals surface area contributed by atoms with Crippen LogP contribution in [0.4, 0.5) is 0 Å². The van der Waals surface area contributed by atoms with Gasteiger partial charge in [-0.25, -0.2) is 0 Å². The van der Waals surface area contributed by atoms with E-state index in [0.717, 1.165) is 36.2 Å². The van der Waals surface area contributed by atoms with E-state index in [2.05, 4.69) is 16.8 Å². The molecule has 0 N–H and O–H groups in total. The van der Waals surface area contributed by atoms with Crippen molar-refractivity contribution in [2.45, 2.75) is 39.0 Å². The maximum Gasteiger partial charge on any atom is 0.411 e. The van der Waals surface area contributed by atoms with Crippen LogP contribution in [-0.4, -0.2) is 0 Å². The lowest BCUT2D eigenvalue weighted by molar-refractivity contribution is 0.583. The molecule has 0 aliphatic carbocycles. The van der Waals surface area contributed by atoms with Gasteiger partial charge in [-0.1, -0.05) is 26.2 Å². The third-order valence-electron chi connectivity index (χ3n) is 2.47. The zero-order valence-corrected chi connectivity index (χ0v) is 11.4. The van der Waals surface area contributed by atoms with Crippen molar-refractivity contribution >= 4 is 23.4 Å². The van der Waals surface area contributed by atoms with Gasteiger partial charge < -0.3 is 0 Å². The molecule has 0 unspecified atom stereocenters. The molecule has 1 aromatic heterocycles. The van der Waals surface area contributed by atoms with E-state index in [-0.39, 0.29) is 4.62 Å². The first-order chi connectivity index (χ1) is 8.16. The van der Waals surface area contributed by atoms with Gasteiger partial charge in [0.05, 0.1) is 0 Å². The number of thiophene rings is 1. The Hall–Kier alpha value is -0.870. The standard InChI is InChI=1S/C10H15N2O3PS/c1-2-3-4-5-6-9-7-10(17-8-9)16(15,11-13)12-14/h7-8H,2-6H2,1H3. The van der Waals surface area contributed by atoms with Gasteiger partial charge in [-0.15, -0.1) is 21.2 Å². The number of nitroso groups, excluding NO2 is 2. The van der Waals surface area contributed by atoms with Crippen molar-refractivity contribution in [3.8, 4) is 0 Å². The zero-order valence-electron chi connectivity index (χ0n) is 9.66. The van der Waals surface area contributed by atoms with E-state index in [9.17, 15) is 14.4 Å². The summed E-state index contributed by atoms with van der Waals surface area (Å²) in [5, 5.41) is 1.81. The monoisotopic (exact) mass is 274 g/mol. The molecule has 7 heteroatoms. The number of aryl methyl sites for hydroxylation is 1. The van der Waals surface area contributed by atoms with E-state index >= 15 is 0 Å². The molecular weight excluding hydrogens is 259 g/mol. The van der Waals surface area contributed by atoms with Gasteiger partial charge in [0.2, 0.25) is 0 Å². The molecule has 0 fully saturated rings. The van der Waals surface area contributed by atoms with E-state index in [4.69, 9.17) is 0 Å². The highest BCUT2D eigenvalue weighted by molar-refractivity contribution is 7.74. The number of nitrogens with zero attached hydrogens (tertiary/aromatic N) is 2. The first-order valence-corrected chi connectivity index (χ1v) is 8.03. The van der Waals surface area contributed by atoms with Gasteiger partial charge >= 0.3 is 7.44 Å². The minimum absolute atomic E-state index is 0.188. The van der Waals surface area contributed by atoms with Crippen molar-refractivity contribution in [2.75, 3.05) is 0 Å². The smallest absolute Gasteiger partial charge is 0.260 e. The fourth-order valence-corrected chi connectivity index (χ4v) is 3.61. The van der Waals surface area contributed by atoms with Gasteiger partial charge in [0.25, 0.3) is 0 Å². The molecule has 0 bridgehead atoms. The second-order valence-corrected chi connectivity index (χ2v) is 6.92. The zero-order chi connectivity index (χ0) is 12.7. The van der Waals surface area contributed by atoms with Crippen molar-refractivity contribution in [1.82, 2.24) is 0 Å². The lowest BCUT2D eigenvalue weighted by Gasteiger charge is -1.97. The Labute approximate surface area is 104 Å². The highest BCUT2D eigenvalue weighted by atomic mass is 32.1. The van der Waals surface area contributed by atoms with Gasteiger partial charge in [-0.3, -0.25) is 4.57 Å². The van der Waals surface area contributed by atoms with Crippen LogP contribution in [0.3, 0.4) is 0 Å². The number of hydrogen-bond donors (Lipinski definition) is 0. The predicted molar refractivity (Wildman–Crippen MR) is 71.0 cm³/mol. The lowest BCUT2D eigenvalue weighted by atomic mass is 10.1. The molecule has 0 saturated heterocycles. The summed E-state index contributed by atoms with van der Waals surface area (Å²) in [7, 11) is -3.90. The molecule has 0 aromatic carbocycles. The minimum atomic E-state index is -3.90. The summed E-state index contributed by atoms with van der Waals surface area (Å²) in [6, 6.07) is 1.61. The van der Waals surface area contributed by atoms with E-state index < -0.39 is 7.44 Å². The Morgan fingerprint density at radius 3 is 2.53 bits per heavy atom. The molecule has 0 amide bonds.